The molecular formula is C16H21N3O5. The number of nitrogens with one attached hydrogen (secondary N) is 1. The molecule has 0 radical (unpaired) electrons. The molecule has 1 amide bonds. The molecule has 3 atom stereocenters. The lowest BCUT2D eigenvalue weighted by molar-refractivity contribution is -0.384. The highest BCUT2D eigenvalue weighted by Gasteiger charge is 2.70. The molecule has 0 bridgehead atoms. The molecule has 8 nitrogen and oxygen atoms in total. The van der Waals surface area contributed by atoms with E-state index in [9.17, 15) is 20.0 Å². The normalized spacial score (nSPS) is 30.8. The second-order valence-corrected chi connectivity index (χ2v) is 7.04. The highest BCUT2D eigenvalue weighted by Crippen LogP contribution is 2.57. The fourth-order valence-electron chi connectivity index (χ4n) is 4.00. The summed E-state index contributed by atoms with van der Waals surface area (Å²) in [6, 6.07) is 3.47. The minimum atomic E-state index is -1.16. The fourth-order valence-corrected chi connectivity index (χ4v) is 4.00. The van der Waals surface area contributed by atoms with Gasteiger partial charge in [-0.3, -0.25) is 14.9 Å². The molecule has 4 N–H and O–H groups in total. The van der Waals surface area contributed by atoms with E-state index in [2.05, 4.69) is 5.32 Å². The minimum Gasteiger partial charge on any atom is -0.506 e. The molecule has 0 spiro atoms. The first kappa shape index (κ1) is 16.7. The van der Waals surface area contributed by atoms with Gasteiger partial charge in [-0.15, -0.1) is 0 Å². The van der Waals surface area contributed by atoms with Crippen molar-refractivity contribution < 1.29 is 19.6 Å². The van der Waals surface area contributed by atoms with Crippen LogP contribution in [0, 0.1) is 21.4 Å². The Balaban J connectivity index is 1.87. The fraction of sp³-hybridized carbons (Fsp3) is 0.562. The number of nitro groups is 1. The number of phenolic OH excluding ortho intramolecular Hbond substituents is 1. The number of aromatic hydroxyl groups is 1. The number of hydrogen-bond acceptors (Lipinski definition) is 6. The van der Waals surface area contributed by atoms with Gasteiger partial charge in [-0.2, -0.15) is 0 Å². The second kappa shape index (κ2) is 5.42. The molecule has 1 aliphatic heterocycles. The van der Waals surface area contributed by atoms with Crippen molar-refractivity contribution in [1.82, 2.24) is 0 Å². The number of carbonyl (C=O) groups excluding carboxylic acids is 1. The van der Waals surface area contributed by atoms with Gasteiger partial charge in [-0.05, 0) is 18.9 Å². The highest BCUT2D eigenvalue weighted by molar-refractivity contribution is 6.01. The van der Waals surface area contributed by atoms with Crippen molar-refractivity contribution in [2.24, 2.45) is 17.1 Å². The number of anilines is 1. The molecule has 2 fully saturated rings. The van der Waals surface area contributed by atoms with E-state index >= 15 is 0 Å². The molecule has 3 unspecified atom stereocenters. The van der Waals surface area contributed by atoms with Gasteiger partial charge in [-0.1, -0.05) is 13.8 Å². The SMILES string of the molecule is CC1(C)C2OCCCC2C1(N)C(=O)Nc1cc([N+](=O)[O-])ccc1O. The highest BCUT2D eigenvalue weighted by atomic mass is 16.6. The lowest BCUT2D eigenvalue weighted by Gasteiger charge is -2.65. The van der Waals surface area contributed by atoms with E-state index in [0.717, 1.165) is 18.9 Å². The van der Waals surface area contributed by atoms with Gasteiger partial charge < -0.3 is 20.9 Å². The molecular weight excluding hydrogens is 314 g/mol. The van der Waals surface area contributed by atoms with E-state index in [4.69, 9.17) is 10.5 Å². The molecule has 1 aromatic rings. The number of fused-ring (bicyclic) bond motifs is 1. The summed E-state index contributed by atoms with van der Waals surface area (Å²) in [5.41, 5.74) is 4.50. The lowest BCUT2D eigenvalue weighted by atomic mass is 9.46. The smallest absolute Gasteiger partial charge is 0.271 e. The van der Waals surface area contributed by atoms with Crippen molar-refractivity contribution in [3.05, 3.63) is 28.3 Å². The average molecular weight is 335 g/mol. The van der Waals surface area contributed by atoms with Crippen LogP contribution >= 0.6 is 0 Å². The number of nitrogens with zero attached hydrogens (tertiary/aromatic N) is 1. The van der Waals surface area contributed by atoms with Gasteiger partial charge in [0, 0.05) is 30.1 Å². The standard InChI is InChI=1S/C16H21N3O5/c1-15(2)13-10(4-3-7-24-13)16(15,17)14(21)18-11-8-9(19(22)23)5-6-12(11)20/h5-6,8,10,13,20H,3-4,7,17H2,1-2H3,(H,18,21). The molecule has 24 heavy (non-hydrogen) atoms. The summed E-state index contributed by atoms with van der Waals surface area (Å²) in [5.74, 6) is -0.816. The Kier molecular flexibility index (Phi) is 3.76. The summed E-state index contributed by atoms with van der Waals surface area (Å²) in [4.78, 5) is 23.1. The largest absolute Gasteiger partial charge is 0.506 e. The van der Waals surface area contributed by atoms with E-state index in [1.54, 1.807) is 0 Å². The first-order chi connectivity index (χ1) is 11.2. The van der Waals surface area contributed by atoms with E-state index in [1.807, 2.05) is 13.8 Å². The zero-order valence-corrected chi connectivity index (χ0v) is 13.6. The number of nitro benzene ring substituents is 1. The summed E-state index contributed by atoms with van der Waals surface area (Å²) >= 11 is 0. The van der Waals surface area contributed by atoms with Crippen LogP contribution in [0.3, 0.4) is 0 Å². The third-order valence-electron chi connectivity index (χ3n) is 5.50. The Morgan fingerprint density at radius 3 is 2.88 bits per heavy atom. The topological polar surface area (TPSA) is 128 Å². The molecule has 0 aromatic heterocycles. The summed E-state index contributed by atoms with van der Waals surface area (Å²) in [7, 11) is 0. The van der Waals surface area contributed by atoms with Crippen LogP contribution in [0.5, 0.6) is 5.75 Å². The number of non-ortho nitro benzene ring substituents is 1. The Bertz CT molecular complexity index is 705. The number of ether oxygens (including phenoxy) is 1. The van der Waals surface area contributed by atoms with Gasteiger partial charge in [0.2, 0.25) is 5.91 Å². The summed E-state index contributed by atoms with van der Waals surface area (Å²) in [6.07, 6.45) is 1.55. The minimum absolute atomic E-state index is 0.0185. The van der Waals surface area contributed by atoms with Gasteiger partial charge in [-0.25, -0.2) is 0 Å². The van der Waals surface area contributed by atoms with Crippen molar-refractivity contribution in [2.45, 2.75) is 38.3 Å². The number of amides is 1. The first-order valence-corrected chi connectivity index (χ1v) is 7.89. The van der Waals surface area contributed by atoms with Crippen LogP contribution in [0.2, 0.25) is 0 Å². The number of hydrogen-bond donors (Lipinski definition) is 3. The van der Waals surface area contributed by atoms with E-state index in [1.165, 1.54) is 12.1 Å². The molecule has 3 rings (SSSR count). The molecule has 2 aliphatic rings. The Morgan fingerprint density at radius 1 is 1.50 bits per heavy atom. The maximum atomic E-state index is 12.8. The van der Waals surface area contributed by atoms with E-state index in [0.29, 0.717) is 6.61 Å². The monoisotopic (exact) mass is 335 g/mol. The summed E-state index contributed by atoms with van der Waals surface area (Å²) in [6.45, 7) is 4.42. The van der Waals surface area contributed by atoms with Gasteiger partial charge >= 0.3 is 0 Å². The van der Waals surface area contributed by atoms with Crippen LogP contribution in [0.1, 0.15) is 26.7 Å². The predicted molar refractivity (Wildman–Crippen MR) is 86.6 cm³/mol. The zero-order valence-electron chi connectivity index (χ0n) is 13.6. The van der Waals surface area contributed by atoms with E-state index < -0.39 is 21.8 Å². The molecule has 1 saturated carbocycles. The number of rotatable bonds is 3. The second-order valence-electron chi connectivity index (χ2n) is 7.04. The predicted octanol–water partition coefficient (Wildman–Crippen LogP) is 1.77. The van der Waals surface area contributed by atoms with Crippen LogP contribution in [-0.2, 0) is 9.53 Å². The van der Waals surface area contributed by atoms with Crippen molar-refractivity contribution in [2.75, 3.05) is 11.9 Å². The number of phenols is 1. The Morgan fingerprint density at radius 2 is 2.21 bits per heavy atom. The number of benzene rings is 1. The van der Waals surface area contributed by atoms with Crippen LogP contribution in [-0.4, -0.2) is 34.2 Å². The summed E-state index contributed by atoms with van der Waals surface area (Å²) < 4.78 is 5.76. The molecule has 8 heteroatoms. The number of carbonyl (C=O) groups is 1. The molecule has 1 heterocycles. The van der Waals surface area contributed by atoms with Gasteiger partial charge in [0.1, 0.15) is 11.3 Å². The van der Waals surface area contributed by atoms with Gasteiger partial charge in [0.15, 0.2) is 0 Å². The third kappa shape index (κ3) is 2.17. The number of nitrogens with two attached hydrogens (primary N) is 1. The lowest BCUT2D eigenvalue weighted by Crippen LogP contribution is -2.81. The van der Waals surface area contributed by atoms with Crippen molar-refractivity contribution >= 4 is 17.3 Å². The maximum absolute atomic E-state index is 12.8. The quantitative estimate of drug-likeness (QED) is 0.439. The van der Waals surface area contributed by atoms with E-state index in [-0.39, 0.29) is 29.1 Å². The van der Waals surface area contributed by atoms with Crippen molar-refractivity contribution in [3.8, 4) is 5.75 Å². The molecule has 1 saturated heterocycles. The van der Waals surface area contributed by atoms with Crippen LogP contribution in [0.4, 0.5) is 11.4 Å². The maximum Gasteiger partial charge on any atom is 0.271 e. The van der Waals surface area contributed by atoms with Crippen LogP contribution in [0.25, 0.3) is 0 Å². The Hall–Kier alpha value is -2.19. The first-order valence-electron chi connectivity index (χ1n) is 7.89. The zero-order chi connectivity index (χ0) is 17.7. The van der Waals surface area contributed by atoms with Crippen molar-refractivity contribution in [3.63, 3.8) is 0 Å². The summed E-state index contributed by atoms with van der Waals surface area (Å²) in [5, 5.41) is 23.3. The third-order valence-corrected chi connectivity index (χ3v) is 5.50. The average Bonchev–Trinajstić information content (AvgIpc) is 2.55. The molecule has 130 valence electrons. The van der Waals surface area contributed by atoms with Gasteiger partial charge in [0.05, 0.1) is 16.7 Å². The van der Waals surface area contributed by atoms with Crippen molar-refractivity contribution in [1.29, 1.82) is 0 Å². The van der Waals surface area contributed by atoms with Gasteiger partial charge in [0.25, 0.3) is 5.69 Å². The molecule has 1 aromatic carbocycles. The Labute approximate surface area is 139 Å². The van der Waals surface area contributed by atoms with Crippen LogP contribution < -0.4 is 11.1 Å². The molecule has 1 aliphatic carbocycles. The van der Waals surface area contributed by atoms with Crippen LogP contribution in [0.15, 0.2) is 18.2 Å².